The quantitative estimate of drug-likeness (QED) is 0.466. The van der Waals surface area contributed by atoms with Crippen molar-refractivity contribution in [2.24, 2.45) is 16.9 Å². The van der Waals surface area contributed by atoms with Crippen LogP contribution in [0, 0.1) is 22.0 Å². The van der Waals surface area contributed by atoms with Gasteiger partial charge in [0.05, 0.1) is 23.8 Å². The first-order chi connectivity index (χ1) is 13.0. The molecule has 10 heteroatoms. The van der Waals surface area contributed by atoms with Crippen LogP contribution in [-0.2, 0) is 14.8 Å². The van der Waals surface area contributed by atoms with E-state index in [1.807, 2.05) is 0 Å². The molecule has 0 aromatic heterocycles. The van der Waals surface area contributed by atoms with Gasteiger partial charge in [-0.15, -0.1) is 0 Å². The number of morpholine rings is 1. The number of ether oxygens (including phenoxy) is 1. The number of nitro benzene ring substituents is 1. The number of allylic oxidation sites excluding steroid dienone is 2. The number of fused-ring (bicyclic) bond motifs is 1. The summed E-state index contributed by atoms with van der Waals surface area (Å²) in [7, 11) is -3.90. The molecule has 1 aliphatic heterocycles. The fourth-order valence-electron chi connectivity index (χ4n) is 3.65. The number of sulfonamides is 1. The van der Waals surface area contributed by atoms with Gasteiger partial charge >= 0.3 is 0 Å². The molecular formula is C17H20N4O5S. The SMILES string of the molecule is O=[N+]([O-])c1ccc(N/N=C2\CC3CC=CC23)c(S(=O)(=O)N2CCOCC2)c1. The Balaban J connectivity index is 1.65. The molecule has 2 unspecified atom stereocenters. The summed E-state index contributed by atoms with van der Waals surface area (Å²) in [6.07, 6.45) is 6.19. The molecule has 0 radical (unpaired) electrons. The minimum atomic E-state index is -3.90. The Morgan fingerprint density at radius 3 is 2.78 bits per heavy atom. The van der Waals surface area contributed by atoms with E-state index >= 15 is 0 Å². The molecule has 2 atom stereocenters. The van der Waals surface area contributed by atoms with Gasteiger partial charge in [0.1, 0.15) is 4.90 Å². The second kappa shape index (κ2) is 7.02. The van der Waals surface area contributed by atoms with Gasteiger partial charge in [0.25, 0.3) is 5.69 Å². The van der Waals surface area contributed by atoms with E-state index in [2.05, 4.69) is 22.7 Å². The summed E-state index contributed by atoms with van der Waals surface area (Å²) in [4.78, 5) is 10.4. The average Bonchev–Trinajstić information content (AvgIpc) is 3.03. The van der Waals surface area contributed by atoms with Crippen molar-refractivity contribution >= 4 is 27.1 Å². The Kier molecular flexibility index (Phi) is 4.70. The van der Waals surface area contributed by atoms with Crippen LogP contribution in [0.2, 0.25) is 0 Å². The van der Waals surface area contributed by atoms with Crippen LogP contribution in [0.15, 0.2) is 40.3 Å². The zero-order chi connectivity index (χ0) is 19.0. The molecule has 144 valence electrons. The maximum absolute atomic E-state index is 13.0. The first kappa shape index (κ1) is 18.1. The highest BCUT2D eigenvalue weighted by molar-refractivity contribution is 7.89. The van der Waals surface area contributed by atoms with Crippen molar-refractivity contribution in [2.75, 3.05) is 31.7 Å². The van der Waals surface area contributed by atoms with E-state index in [1.165, 1.54) is 16.4 Å². The van der Waals surface area contributed by atoms with Crippen LogP contribution in [0.3, 0.4) is 0 Å². The van der Waals surface area contributed by atoms with Gasteiger partial charge in [-0.1, -0.05) is 12.2 Å². The summed E-state index contributed by atoms with van der Waals surface area (Å²) in [6, 6.07) is 3.77. The van der Waals surface area contributed by atoms with Crippen molar-refractivity contribution in [3.63, 3.8) is 0 Å². The van der Waals surface area contributed by atoms with E-state index in [-0.39, 0.29) is 29.4 Å². The Labute approximate surface area is 156 Å². The molecule has 9 nitrogen and oxygen atoms in total. The molecule has 1 saturated carbocycles. The number of anilines is 1. The topological polar surface area (TPSA) is 114 Å². The lowest BCUT2D eigenvalue weighted by Crippen LogP contribution is -2.40. The van der Waals surface area contributed by atoms with E-state index in [0.29, 0.717) is 25.0 Å². The molecule has 1 aromatic rings. The molecule has 2 fully saturated rings. The van der Waals surface area contributed by atoms with Crippen LogP contribution < -0.4 is 5.43 Å². The largest absolute Gasteiger partial charge is 0.379 e. The van der Waals surface area contributed by atoms with Gasteiger partial charge < -0.3 is 4.74 Å². The van der Waals surface area contributed by atoms with Crippen LogP contribution in [0.1, 0.15) is 12.8 Å². The highest BCUT2D eigenvalue weighted by Crippen LogP contribution is 2.40. The van der Waals surface area contributed by atoms with Crippen LogP contribution in [0.25, 0.3) is 0 Å². The zero-order valence-electron chi connectivity index (χ0n) is 14.6. The fraction of sp³-hybridized carbons (Fsp3) is 0.471. The molecule has 1 N–H and O–H groups in total. The monoisotopic (exact) mass is 392 g/mol. The number of hydrazone groups is 1. The minimum absolute atomic E-state index is 0.138. The third kappa shape index (κ3) is 3.35. The molecule has 2 aliphatic carbocycles. The van der Waals surface area contributed by atoms with E-state index in [9.17, 15) is 18.5 Å². The Morgan fingerprint density at radius 2 is 2.07 bits per heavy atom. The zero-order valence-corrected chi connectivity index (χ0v) is 15.4. The van der Waals surface area contributed by atoms with Gasteiger partial charge in [0.2, 0.25) is 10.0 Å². The number of nitrogens with one attached hydrogen (secondary N) is 1. The molecule has 0 bridgehead atoms. The smallest absolute Gasteiger partial charge is 0.270 e. The van der Waals surface area contributed by atoms with Crippen molar-refractivity contribution in [1.29, 1.82) is 0 Å². The summed E-state index contributed by atoms with van der Waals surface area (Å²) >= 11 is 0. The van der Waals surface area contributed by atoms with Crippen molar-refractivity contribution < 1.29 is 18.1 Å². The number of rotatable bonds is 5. The maximum Gasteiger partial charge on any atom is 0.270 e. The maximum atomic E-state index is 13.0. The van der Waals surface area contributed by atoms with Crippen LogP contribution in [-0.4, -0.2) is 49.7 Å². The van der Waals surface area contributed by atoms with Gasteiger partial charge in [-0.05, 0) is 24.8 Å². The molecule has 1 aromatic carbocycles. The lowest BCUT2D eigenvalue weighted by Gasteiger charge is -2.32. The molecule has 0 spiro atoms. The lowest BCUT2D eigenvalue weighted by atomic mass is 9.74. The predicted octanol–water partition coefficient (Wildman–Crippen LogP) is 1.98. The number of hydrogen-bond acceptors (Lipinski definition) is 7. The standard InChI is InChI=1S/C17H20N4O5S/c22-21(23)13-4-5-15(18-19-16-10-12-2-1-3-14(12)16)17(11-13)27(24,25)20-6-8-26-9-7-20/h1,3-5,11-12,14,18H,2,6-10H2/b19-16+. The predicted molar refractivity (Wildman–Crippen MR) is 99.1 cm³/mol. The number of hydrogen-bond donors (Lipinski definition) is 1. The summed E-state index contributed by atoms with van der Waals surface area (Å²) < 4.78 is 32.6. The third-order valence-corrected chi connectivity index (χ3v) is 7.17. The van der Waals surface area contributed by atoms with Crippen molar-refractivity contribution in [2.45, 2.75) is 17.7 Å². The summed E-state index contributed by atoms with van der Waals surface area (Å²) in [6.45, 7) is 1.03. The van der Waals surface area contributed by atoms with Crippen LogP contribution in [0.4, 0.5) is 11.4 Å². The number of nitrogens with zero attached hydrogens (tertiary/aromatic N) is 3. The normalized spacial score (nSPS) is 26.6. The van der Waals surface area contributed by atoms with Crippen molar-refractivity contribution in [1.82, 2.24) is 4.31 Å². The van der Waals surface area contributed by atoms with Gasteiger partial charge in [0.15, 0.2) is 0 Å². The van der Waals surface area contributed by atoms with Crippen molar-refractivity contribution in [3.8, 4) is 0 Å². The second-order valence-corrected chi connectivity index (χ2v) is 8.73. The summed E-state index contributed by atoms with van der Waals surface area (Å²) in [5.74, 6) is 0.911. The third-order valence-electron chi connectivity index (χ3n) is 5.23. The van der Waals surface area contributed by atoms with Crippen LogP contribution in [0.5, 0.6) is 0 Å². The van der Waals surface area contributed by atoms with E-state index in [1.54, 1.807) is 0 Å². The minimum Gasteiger partial charge on any atom is -0.379 e. The highest BCUT2D eigenvalue weighted by Gasteiger charge is 2.38. The van der Waals surface area contributed by atoms with E-state index in [0.717, 1.165) is 24.6 Å². The Bertz CT molecular complexity index is 921. The van der Waals surface area contributed by atoms with Crippen molar-refractivity contribution in [3.05, 3.63) is 40.5 Å². The highest BCUT2D eigenvalue weighted by atomic mass is 32.2. The number of nitro groups is 1. The molecular weight excluding hydrogens is 372 g/mol. The average molecular weight is 392 g/mol. The van der Waals surface area contributed by atoms with Crippen LogP contribution >= 0.6 is 0 Å². The molecule has 3 aliphatic rings. The van der Waals surface area contributed by atoms with E-state index in [4.69, 9.17) is 4.74 Å². The van der Waals surface area contributed by atoms with Gasteiger partial charge in [-0.2, -0.15) is 9.41 Å². The molecule has 1 heterocycles. The second-order valence-electron chi connectivity index (χ2n) is 6.82. The van der Waals surface area contributed by atoms with Gasteiger partial charge in [-0.3, -0.25) is 15.5 Å². The van der Waals surface area contributed by atoms with Gasteiger partial charge in [-0.25, -0.2) is 8.42 Å². The first-order valence-corrected chi connectivity index (χ1v) is 10.3. The van der Waals surface area contributed by atoms with E-state index < -0.39 is 14.9 Å². The number of non-ortho nitro benzene ring substituents is 1. The van der Waals surface area contributed by atoms with Gasteiger partial charge in [0, 0.05) is 36.9 Å². The molecule has 1 saturated heterocycles. The molecule has 0 amide bonds. The number of benzene rings is 1. The molecule has 4 rings (SSSR count). The first-order valence-electron chi connectivity index (χ1n) is 8.82. The lowest BCUT2D eigenvalue weighted by molar-refractivity contribution is -0.385. The molecule has 27 heavy (non-hydrogen) atoms. The summed E-state index contributed by atoms with van der Waals surface area (Å²) in [5.41, 5.74) is 3.77. The fourth-order valence-corrected chi connectivity index (χ4v) is 5.22. The Hall–Kier alpha value is -2.30. The summed E-state index contributed by atoms with van der Waals surface area (Å²) in [5, 5.41) is 15.5. The Morgan fingerprint density at radius 1 is 1.30 bits per heavy atom.